The molecule has 2 heterocycles. The van der Waals surface area contributed by atoms with Gasteiger partial charge in [0.15, 0.2) is 0 Å². The van der Waals surface area contributed by atoms with Crippen LogP contribution in [0.2, 0.25) is 0 Å². The Kier molecular flexibility index (Phi) is 9.31. The van der Waals surface area contributed by atoms with Gasteiger partial charge in [0.05, 0.1) is 42.7 Å². The Hall–Kier alpha value is -3.09. The molecule has 0 aliphatic heterocycles. The lowest BCUT2D eigenvalue weighted by molar-refractivity contribution is -0.146. The normalized spacial score (nSPS) is 13.2. The smallest absolute Gasteiger partial charge is 0.330 e. The van der Waals surface area contributed by atoms with Crippen LogP contribution in [0.1, 0.15) is 5.56 Å². The molecule has 2 atom stereocenters. The summed E-state index contributed by atoms with van der Waals surface area (Å²) >= 11 is -0.0859. The number of thiophene rings is 1. The van der Waals surface area contributed by atoms with Gasteiger partial charge in [-0.15, -0.1) is 4.72 Å². The van der Waals surface area contributed by atoms with Crippen LogP contribution in [0.25, 0.3) is 10.6 Å². The standard InChI is InChI=1S/C23H27N5O4S2/c1-31-18-8-6-16(7-9-18)13-20(23(29)32-2)28(25)15-17(24)14-27-34(30)22-11-10-21(33-22)19-5-3-4-12-26-19/h3-12,15,20,27H,13-14,24-25H2,1-2H3/b17-15-/t20-,34?/m0/s1. The van der Waals surface area contributed by atoms with Gasteiger partial charge >= 0.3 is 5.97 Å². The molecular formula is C23H27N5O4S2. The van der Waals surface area contributed by atoms with Crippen LogP contribution in [0, 0.1) is 0 Å². The fraction of sp³-hybridized carbons (Fsp3) is 0.217. The predicted molar refractivity (Wildman–Crippen MR) is 133 cm³/mol. The molecule has 9 nitrogen and oxygen atoms in total. The summed E-state index contributed by atoms with van der Waals surface area (Å²) in [4.78, 5) is 17.5. The molecule has 0 saturated heterocycles. The molecular weight excluding hydrogens is 474 g/mol. The van der Waals surface area contributed by atoms with Crippen molar-refractivity contribution >= 4 is 28.7 Å². The zero-order valence-corrected chi connectivity index (χ0v) is 20.5. The molecule has 11 heteroatoms. The predicted octanol–water partition coefficient (Wildman–Crippen LogP) is 2.19. The third kappa shape index (κ3) is 6.95. The molecule has 5 N–H and O–H groups in total. The van der Waals surface area contributed by atoms with Crippen molar-refractivity contribution in [3.63, 3.8) is 0 Å². The van der Waals surface area contributed by atoms with Crippen LogP contribution >= 0.6 is 11.3 Å². The Morgan fingerprint density at radius 1 is 1.24 bits per heavy atom. The van der Waals surface area contributed by atoms with E-state index in [1.54, 1.807) is 31.5 Å². The largest absolute Gasteiger partial charge is 0.592 e. The van der Waals surface area contributed by atoms with Gasteiger partial charge in [-0.3, -0.25) is 4.98 Å². The van der Waals surface area contributed by atoms with Gasteiger partial charge in [0, 0.05) is 30.6 Å². The first-order valence-electron chi connectivity index (χ1n) is 10.3. The highest BCUT2D eigenvalue weighted by molar-refractivity contribution is 7.91. The number of nitrogens with two attached hydrogens (primary N) is 2. The lowest BCUT2D eigenvalue weighted by atomic mass is 10.1. The lowest BCUT2D eigenvalue weighted by Crippen LogP contribution is -2.45. The van der Waals surface area contributed by atoms with Gasteiger partial charge in [-0.2, -0.15) is 0 Å². The Labute approximate surface area is 205 Å². The molecule has 180 valence electrons. The van der Waals surface area contributed by atoms with Gasteiger partial charge in [-0.05, 0) is 35.9 Å². The second kappa shape index (κ2) is 12.4. The van der Waals surface area contributed by atoms with Crippen LogP contribution in [0.15, 0.2) is 76.9 Å². The number of ether oxygens (including phenoxy) is 2. The van der Waals surface area contributed by atoms with Gasteiger partial charge < -0.3 is 24.8 Å². The van der Waals surface area contributed by atoms with Crippen LogP contribution in [0.4, 0.5) is 0 Å². The number of nitrogens with zero attached hydrogens (tertiary/aromatic N) is 2. The van der Waals surface area contributed by atoms with Crippen molar-refractivity contribution < 1.29 is 18.8 Å². The third-order valence-electron chi connectivity index (χ3n) is 4.82. The van der Waals surface area contributed by atoms with Crippen molar-refractivity contribution in [2.45, 2.75) is 16.7 Å². The number of carbonyl (C=O) groups excluding carboxylic acids is 1. The second-order valence-corrected chi connectivity index (χ2v) is 9.77. The highest BCUT2D eigenvalue weighted by atomic mass is 32.2. The van der Waals surface area contributed by atoms with Gasteiger partial charge in [-0.25, -0.2) is 10.6 Å². The number of hydrogen-bond acceptors (Lipinski definition) is 10. The first-order valence-corrected chi connectivity index (χ1v) is 12.2. The molecule has 34 heavy (non-hydrogen) atoms. The van der Waals surface area contributed by atoms with Crippen molar-refractivity contribution in [3.8, 4) is 16.3 Å². The summed E-state index contributed by atoms with van der Waals surface area (Å²) in [5.74, 6) is 6.34. The molecule has 0 aliphatic rings. The monoisotopic (exact) mass is 501 g/mol. The highest BCUT2D eigenvalue weighted by Crippen LogP contribution is 2.29. The molecule has 0 fully saturated rings. The van der Waals surface area contributed by atoms with Crippen LogP contribution in [0.3, 0.4) is 0 Å². The van der Waals surface area contributed by atoms with E-state index in [4.69, 9.17) is 21.1 Å². The number of hydrogen-bond donors (Lipinski definition) is 3. The fourth-order valence-corrected chi connectivity index (χ4v) is 5.14. The average molecular weight is 502 g/mol. The summed E-state index contributed by atoms with van der Waals surface area (Å²) in [5.41, 5.74) is 8.08. The van der Waals surface area contributed by atoms with Gasteiger partial charge in [0.1, 0.15) is 11.8 Å². The molecule has 0 spiro atoms. The minimum atomic E-state index is -1.47. The van der Waals surface area contributed by atoms with Crippen LogP contribution < -0.4 is 21.0 Å². The minimum Gasteiger partial charge on any atom is -0.592 e. The molecule has 0 bridgehead atoms. The SMILES string of the molecule is COC(=O)[C@H](Cc1ccc(OC)cc1)N(N)/C=C(\N)CN[S+]([O-])c1ccc(-c2ccccn2)s1. The maximum Gasteiger partial charge on any atom is 0.330 e. The van der Waals surface area contributed by atoms with Crippen LogP contribution in [-0.2, 0) is 27.3 Å². The zero-order valence-electron chi connectivity index (χ0n) is 18.8. The number of nitrogens with one attached hydrogen (secondary N) is 1. The molecule has 0 aliphatic carbocycles. The Morgan fingerprint density at radius 2 is 2.00 bits per heavy atom. The van der Waals surface area contributed by atoms with E-state index < -0.39 is 23.4 Å². The zero-order chi connectivity index (χ0) is 24.5. The Balaban J connectivity index is 1.60. The number of carbonyl (C=O) groups is 1. The lowest BCUT2D eigenvalue weighted by Gasteiger charge is -2.24. The van der Waals surface area contributed by atoms with Crippen molar-refractivity contribution in [2.75, 3.05) is 20.8 Å². The summed E-state index contributed by atoms with van der Waals surface area (Å²) in [7, 11) is 2.88. The number of methoxy groups -OCH3 is 2. The van der Waals surface area contributed by atoms with Crippen LogP contribution in [0.5, 0.6) is 5.75 Å². The van der Waals surface area contributed by atoms with E-state index in [0.717, 1.165) is 16.1 Å². The summed E-state index contributed by atoms with van der Waals surface area (Å²) in [5, 5.41) is 1.21. The highest BCUT2D eigenvalue weighted by Gasteiger charge is 2.24. The summed E-state index contributed by atoms with van der Waals surface area (Å²) in [6.45, 7) is 0.105. The second-order valence-electron chi connectivity index (χ2n) is 7.17. The quantitative estimate of drug-likeness (QED) is 0.156. The van der Waals surface area contributed by atoms with Crippen molar-refractivity contribution in [3.05, 3.63) is 78.3 Å². The van der Waals surface area contributed by atoms with E-state index in [2.05, 4.69) is 9.71 Å². The Bertz CT molecular complexity index is 1090. The number of esters is 1. The van der Waals surface area contributed by atoms with E-state index in [1.165, 1.54) is 29.7 Å². The molecule has 0 saturated carbocycles. The number of aromatic nitrogens is 1. The molecule has 3 aromatic rings. The number of hydrazine groups is 1. The van der Waals surface area contributed by atoms with Crippen molar-refractivity contribution in [2.24, 2.45) is 11.6 Å². The fourth-order valence-electron chi connectivity index (χ4n) is 3.04. The number of benzene rings is 1. The summed E-state index contributed by atoms with van der Waals surface area (Å²) in [6.07, 6.45) is 3.45. The summed E-state index contributed by atoms with van der Waals surface area (Å²) < 4.78 is 26.2. The molecule has 3 rings (SSSR count). The average Bonchev–Trinajstić information content (AvgIpc) is 3.37. The molecule has 0 radical (unpaired) electrons. The van der Waals surface area contributed by atoms with E-state index in [-0.39, 0.29) is 6.54 Å². The van der Waals surface area contributed by atoms with Gasteiger partial charge in [0.2, 0.25) is 4.21 Å². The molecule has 1 aromatic carbocycles. The van der Waals surface area contributed by atoms with Gasteiger partial charge in [-0.1, -0.05) is 29.5 Å². The topological polar surface area (TPSA) is 139 Å². The maximum atomic E-state index is 12.6. The number of pyridine rings is 1. The van der Waals surface area contributed by atoms with Crippen molar-refractivity contribution in [1.82, 2.24) is 14.7 Å². The number of rotatable bonds is 11. The maximum absolute atomic E-state index is 12.6. The molecule has 0 amide bonds. The third-order valence-corrected chi connectivity index (χ3v) is 7.34. The van der Waals surface area contributed by atoms with E-state index in [9.17, 15) is 9.35 Å². The van der Waals surface area contributed by atoms with Gasteiger partial charge in [0.25, 0.3) is 0 Å². The first-order chi connectivity index (χ1) is 16.4. The van der Waals surface area contributed by atoms with Crippen molar-refractivity contribution in [1.29, 1.82) is 0 Å². The van der Waals surface area contributed by atoms with E-state index in [0.29, 0.717) is 22.1 Å². The molecule has 1 unspecified atom stereocenters. The Morgan fingerprint density at radius 3 is 2.65 bits per heavy atom. The molecule has 2 aromatic heterocycles. The van der Waals surface area contributed by atoms with E-state index >= 15 is 0 Å². The van der Waals surface area contributed by atoms with E-state index in [1.807, 2.05) is 36.4 Å². The van der Waals surface area contributed by atoms with Crippen LogP contribution in [-0.4, -0.2) is 47.3 Å². The minimum absolute atomic E-state index is 0.105. The first kappa shape index (κ1) is 25.5. The summed E-state index contributed by atoms with van der Waals surface area (Å²) in [6, 6.07) is 15.8.